The lowest BCUT2D eigenvalue weighted by Crippen LogP contribution is -2.25. The van der Waals surface area contributed by atoms with Crippen LogP contribution >= 0.6 is 0 Å². The van der Waals surface area contributed by atoms with Crippen LogP contribution in [-0.2, 0) is 20.4 Å². The van der Waals surface area contributed by atoms with E-state index in [1.54, 1.807) is 0 Å². The Morgan fingerprint density at radius 3 is 1.88 bits per heavy atom. The summed E-state index contributed by atoms with van der Waals surface area (Å²) >= 11 is 0. The Bertz CT molecular complexity index is 614. The van der Waals surface area contributed by atoms with Gasteiger partial charge < -0.3 is 15.2 Å². The molecule has 0 radical (unpaired) electrons. The Kier molecular flexibility index (Phi) is 6.20. The van der Waals surface area contributed by atoms with Gasteiger partial charge in [-0.1, -0.05) is 53.7 Å². The van der Waals surface area contributed by atoms with Crippen LogP contribution in [0.2, 0.25) is 0 Å². The lowest BCUT2D eigenvalue weighted by molar-refractivity contribution is -0.154. The van der Waals surface area contributed by atoms with E-state index in [9.17, 15) is 9.90 Å². The third-order valence-corrected chi connectivity index (χ3v) is 3.84. The van der Waals surface area contributed by atoms with Gasteiger partial charge in [0.1, 0.15) is 11.4 Å². The van der Waals surface area contributed by atoms with Crippen LogP contribution in [0.1, 0.15) is 79.9 Å². The Morgan fingerprint density at radius 1 is 0.960 bits per heavy atom. The zero-order chi connectivity index (χ0) is 19.6. The molecular weight excluding hydrogens is 314 g/mol. The lowest BCUT2D eigenvalue weighted by atomic mass is 9.80. The second-order valence-corrected chi connectivity index (χ2v) is 9.65. The van der Waals surface area contributed by atoms with Crippen molar-refractivity contribution in [2.24, 2.45) is 0 Å². The highest BCUT2D eigenvalue weighted by Crippen LogP contribution is 2.42. The van der Waals surface area contributed by atoms with Crippen LogP contribution in [0.5, 0.6) is 5.75 Å². The summed E-state index contributed by atoms with van der Waals surface area (Å²) in [5.74, 6) is 0.0212. The predicted octanol–water partition coefficient (Wildman–Crippen LogP) is 5.13. The fourth-order valence-corrected chi connectivity index (χ4v) is 2.68. The second kappa shape index (κ2) is 7.27. The van der Waals surface area contributed by atoms with Crippen LogP contribution in [0.3, 0.4) is 0 Å². The van der Waals surface area contributed by atoms with E-state index in [1.807, 2.05) is 26.8 Å². The number of aromatic hydroxyl groups is 1. The van der Waals surface area contributed by atoms with Gasteiger partial charge in [-0.25, -0.2) is 0 Å². The number of phenols is 1. The topological polar surface area (TPSA) is 58.6 Å². The van der Waals surface area contributed by atoms with Gasteiger partial charge in [-0.15, -0.1) is 0 Å². The zero-order valence-electron chi connectivity index (χ0n) is 17.3. The summed E-state index contributed by atoms with van der Waals surface area (Å²) in [6, 6.07) is 4.06. The average Bonchev–Trinajstić information content (AvgIpc) is 2.35. The maximum Gasteiger partial charge on any atom is 0.308 e. The minimum atomic E-state index is -0.484. The molecule has 0 saturated carbocycles. The molecule has 0 spiro atoms. The van der Waals surface area contributed by atoms with Gasteiger partial charge in [0.15, 0.2) is 0 Å². The summed E-state index contributed by atoms with van der Waals surface area (Å²) in [6.45, 7) is 18.5. The molecule has 0 saturated heterocycles. The molecule has 142 valence electrons. The molecule has 1 rings (SSSR count). The number of rotatable bonds is 4. The molecule has 0 atom stereocenters. The number of hydrogen-bond acceptors (Lipinski definition) is 4. The number of benzene rings is 1. The first-order valence-electron chi connectivity index (χ1n) is 8.95. The molecule has 0 heterocycles. The summed E-state index contributed by atoms with van der Waals surface area (Å²) in [5.41, 5.74) is 1.86. The zero-order valence-corrected chi connectivity index (χ0v) is 17.3. The first-order valence-corrected chi connectivity index (χ1v) is 8.95. The molecule has 0 aliphatic carbocycles. The maximum absolute atomic E-state index is 11.9. The molecular formula is C21H35NO3. The van der Waals surface area contributed by atoms with Gasteiger partial charge in [0.25, 0.3) is 0 Å². The smallest absolute Gasteiger partial charge is 0.308 e. The lowest BCUT2D eigenvalue weighted by Gasteiger charge is -2.29. The normalized spacial score (nSPS) is 12.8. The van der Waals surface area contributed by atoms with Crippen LogP contribution in [0, 0.1) is 0 Å². The standard InChI is InChI=1S/C21H35NO3/c1-19(2,3)14-10-11-15(20(4,5)6)18(24)17(14)22-13-12-16(23)25-21(7,8)9/h10-11,22,24H,12-13H2,1-9H3. The van der Waals surface area contributed by atoms with Crippen molar-refractivity contribution in [2.45, 2.75) is 85.2 Å². The molecule has 25 heavy (non-hydrogen) atoms. The van der Waals surface area contributed by atoms with Crippen LogP contribution in [0.4, 0.5) is 5.69 Å². The molecule has 0 aromatic heterocycles. The van der Waals surface area contributed by atoms with Crippen molar-refractivity contribution in [2.75, 3.05) is 11.9 Å². The summed E-state index contributed by atoms with van der Waals surface area (Å²) in [7, 11) is 0. The molecule has 2 N–H and O–H groups in total. The average molecular weight is 350 g/mol. The highest BCUT2D eigenvalue weighted by molar-refractivity contribution is 5.72. The van der Waals surface area contributed by atoms with Gasteiger partial charge in [0.05, 0.1) is 12.1 Å². The van der Waals surface area contributed by atoms with Gasteiger partial charge in [-0.05, 0) is 37.2 Å². The Labute approximate surface area is 153 Å². The third-order valence-electron chi connectivity index (χ3n) is 3.84. The second-order valence-electron chi connectivity index (χ2n) is 9.65. The van der Waals surface area contributed by atoms with Crippen molar-refractivity contribution in [3.05, 3.63) is 23.3 Å². The van der Waals surface area contributed by atoms with E-state index in [1.165, 1.54) is 0 Å². The van der Waals surface area contributed by atoms with Crippen molar-refractivity contribution in [1.82, 2.24) is 0 Å². The minimum Gasteiger partial charge on any atom is -0.505 e. The molecule has 0 unspecified atom stereocenters. The number of ether oxygens (including phenoxy) is 1. The quantitative estimate of drug-likeness (QED) is 0.584. The van der Waals surface area contributed by atoms with Crippen LogP contribution < -0.4 is 5.32 Å². The number of carbonyl (C=O) groups excluding carboxylic acids is 1. The maximum atomic E-state index is 11.9. The van der Waals surface area contributed by atoms with E-state index < -0.39 is 5.60 Å². The van der Waals surface area contributed by atoms with E-state index >= 15 is 0 Å². The van der Waals surface area contributed by atoms with Crippen molar-refractivity contribution in [1.29, 1.82) is 0 Å². The highest BCUT2D eigenvalue weighted by atomic mass is 16.6. The molecule has 0 aliphatic rings. The molecule has 0 fully saturated rings. The summed E-state index contributed by atoms with van der Waals surface area (Å²) in [5, 5.41) is 14.1. The van der Waals surface area contributed by atoms with Gasteiger partial charge in [0.2, 0.25) is 0 Å². The van der Waals surface area contributed by atoms with E-state index in [0.29, 0.717) is 12.2 Å². The third kappa shape index (κ3) is 6.26. The molecule has 0 bridgehead atoms. The SMILES string of the molecule is CC(C)(C)OC(=O)CCNc1c(C(C)(C)C)ccc(C(C)(C)C)c1O. The van der Waals surface area contributed by atoms with Gasteiger partial charge in [-0.2, -0.15) is 0 Å². The van der Waals surface area contributed by atoms with E-state index in [4.69, 9.17) is 4.74 Å². The van der Waals surface area contributed by atoms with Gasteiger partial charge in [0, 0.05) is 12.1 Å². The number of hydrogen-bond donors (Lipinski definition) is 2. The molecule has 1 aromatic carbocycles. The number of phenolic OH excluding ortho intramolecular Hbond substituents is 1. The Balaban J connectivity index is 3.05. The minimum absolute atomic E-state index is 0.123. The summed E-state index contributed by atoms with van der Waals surface area (Å²) in [6.07, 6.45) is 0.250. The first kappa shape index (κ1) is 21.3. The molecule has 0 aliphatic heterocycles. The summed E-state index contributed by atoms with van der Waals surface area (Å²) in [4.78, 5) is 11.9. The summed E-state index contributed by atoms with van der Waals surface area (Å²) < 4.78 is 5.34. The Hall–Kier alpha value is -1.71. The largest absolute Gasteiger partial charge is 0.505 e. The molecule has 0 amide bonds. The molecule has 4 heteroatoms. The van der Waals surface area contributed by atoms with E-state index in [0.717, 1.165) is 11.1 Å². The predicted molar refractivity (Wildman–Crippen MR) is 104 cm³/mol. The fraction of sp³-hybridized carbons (Fsp3) is 0.667. The van der Waals surface area contributed by atoms with Crippen LogP contribution in [-0.4, -0.2) is 23.2 Å². The highest BCUT2D eigenvalue weighted by Gasteiger charge is 2.26. The van der Waals surface area contributed by atoms with Crippen LogP contribution in [0.25, 0.3) is 0 Å². The van der Waals surface area contributed by atoms with Crippen molar-refractivity contribution in [3.63, 3.8) is 0 Å². The van der Waals surface area contributed by atoms with E-state index in [2.05, 4.69) is 52.9 Å². The number of anilines is 1. The fourth-order valence-electron chi connectivity index (χ4n) is 2.68. The number of esters is 1. The Morgan fingerprint density at radius 2 is 1.44 bits per heavy atom. The number of nitrogens with one attached hydrogen (secondary N) is 1. The molecule has 4 nitrogen and oxygen atoms in total. The van der Waals surface area contributed by atoms with E-state index in [-0.39, 0.29) is 29.0 Å². The van der Waals surface area contributed by atoms with Gasteiger partial charge in [-0.3, -0.25) is 4.79 Å². The van der Waals surface area contributed by atoms with Gasteiger partial charge >= 0.3 is 5.97 Å². The van der Waals surface area contributed by atoms with Crippen LogP contribution in [0.15, 0.2) is 12.1 Å². The molecule has 1 aromatic rings. The number of carbonyl (C=O) groups is 1. The first-order chi connectivity index (χ1) is 11.1. The van der Waals surface area contributed by atoms with Crippen molar-refractivity contribution in [3.8, 4) is 5.75 Å². The van der Waals surface area contributed by atoms with Crippen molar-refractivity contribution >= 4 is 11.7 Å². The monoisotopic (exact) mass is 349 g/mol. The van der Waals surface area contributed by atoms with Crippen molar-refractivity contribution < 1.29 is 14.6 Å².